The molecule has 7 nitrogen and oxygen atoms in total. The van der Waals surface area contributed by atoms with Crippen LogP contribution in [0.1, 0.15) is 59.3 Å². The van der Waals surface area contributed by atoms with Crippen molar-refractivity contribution >= 4 is 23.2 Å². The van der Waals surface area contributed by atoms with E-state index in [2.05, 4.69) is 15.7 Å². The summed E-state index contributed by atoms with van der Waals surface area (Å²) in [5, 5.41) is 11.0. The van der Waals surface area contributed by atoms with E-state index in [1.807, 2.05) is 63.2 Å². The summed E-state index contributed by atoms with van der Waals surface area (Å²) in [6.07, 6.45) is 3.60. The molecule has 0 saturated heterocycles. The number of rotatable bonds is 5. The molecular formula is C27H28N4O3. The van der Waals surface area contributed by atoms with Crippen LogP contribution >= 0.6 is 0 Å². The van der Waals surface area contributed by atoms with E-state index in [9.17, 15) is 9.59 Å². The summed E-state index contributed by atoms with van der Waals surface area (Å²) in [5.41, 5.74) is 5.86. The van der Waals surface area contributed by atoms with Gasteiger partial charge in [0.2, 0.25) is 0 Å². The molecule has 2 aromatic carbocycles. The van der Waals surface area contributed by atoms with Crippen molar-refractivity contribution in [2.75, 3.05) is 17.2 Å². The first-order chi connectivity index (χ1) is 16.5. The minimum atomic E-state index is -0.454. The minimum Gasteiger partial charge on any atom is -0.494 e. The first kappa shape index (κ1) is 21.9. The fourth-order valence-corrected chi connectivity index (χ4v) is 4.72. The maximum Gasteiger partial charge on any atom is 0.261 e. The highest BCUT2D eigenvalue weighted by Crippen LogP contribution is 2.44. The number of carbonyl (C=O) groups is 2. The molecule has 7 heteroatoms. The van der Waals surface area contributed by atoms with Crippen LogP contribution in [-0.4, -0.2) is 28.1 Å². The molecule has 1 aliphatic carbocycles. The molecule has 5 rings (SSSR count). The van der Waals surface area contributed by atoms with Crippen LogP contribution in [0.2, 0.25) is 0 Å². The first-order valence-electron chi connectivity index (χ1n) is 11.7. The number of aromatic nitrogens is 2. The molecule has 0 spiro atoms. The van der Waals surface area contributed by atoms with Crippen molar-refractivity contribution in [3.05, 3.63) is 82.2 Å². The van der Waals surface area contributed by atoms with Crippen LogP contribution in [0.25, 0.3) is 0 Å². The third-order valence-corrected chi connectivity index (χ3v) is 6.56. The van der Waals surface area contributed by atoms with Crippen molar-refractivity contribution in [3.8, 4) is 5.75 Å². The topological polar surface area (TPSA) is 85.2 Å². The average molecular weight is 457 g/mol. The molecule has 0 saturated carbocycles. The van der Waals surface area contributed by atoms with Crippen molar-refractivity contribution in [2.24, 2.45) is 0 Å². The summed E-state index contributed by atoms with van der Waals surface area (Å²) in [7, 11) is 0. The molecule has 1 aliphatic heterocycles. The highest BCUT2D eigenvalue weighted by Gasteiger charge is 2.38. The van der Waals surface area contributed by atoms with Gasteiger partial charge in [-0.2, -0.15) is 5.10 Å². The summed E-state index contributed by atoms with van der Waals surface area (Å²) in [5.74, 6) is 1.16. The summed E-state index contributed by atoms with van der Waals surface area (Å²) >= 11 is 0. The standard InChI is InChI=1S/C27H28N4O3/c1-4-34-23-11-6-5-8-19(23)25-24-21(9-7-10-22(24)32)30-26-20(15-28-31(25)26)27(33)29-18-13-12-16(2)17(3)14-18/h5-6,8,11-15,25,30H,4,7,9-10H2,1-3H3,(H,29,33)/t25-/m1/s1. The van der Waals surface area contributed by atoms with Crippen LogP contribution < -0.4 is 15.4 Å². The largest absolute Gasteiger partial charge is 0.494 e. The molecule has 2 N–H and O–H groups in total. The van der Waals surface area contributed by atoms with Gasteiger partial charge in [0.15, 0.2) is 5.78 Å². The van der Waals surface area contributed by atoms with Crippen LogP contribution in [0.15, 0.2) is 59.9 Å². The number of ketones is 1. The van der Waals surface area contributed by atoms with Crippen molar-refractivity contribution in [1.29, 1.82) is 0 Å². The summed E-state index contributed by atoms with van der Waals surface area (Å²) in [4.78, 5) is 26.3. The van der Waals surface area contributed by atoms with E-state index in [1.54, 1.807) is 10.9 Å². The van der Waals surface area contributed by atoms with Crippen LogP contribution in [0.5, 0.6) is 5.75 Å². The summed E-state index contributed by atoms with van der Waals surface area (Å²) in [6, 6.07) is 13.1. The van der Waals surface area contributed by atoms with Crippen LogP contribution in [0.4, 0.5) is 11.5 Å². The number of amides is 1. The number of anilines is 2. The summed E-state index contributed by atoms with van der Waals surface area (Å²) in [6.45, 7) is 6.50. The Morgan fingerprint density at radius 1 is 1.18 bits per heavy atom. The van der Waals surface area contributed by atoms with Gasteiger partial charge < -0.3 is 15.4 Å². The van der Waals surface area contributed by atoms with Crippen molar-refractivity contribution in [1.82, 2.24) is 9.78 Å². The maximum absolute atomic E-state index is 13.3. The Labute approximate surface area is 198 Å². The second-order valence-electron chi connectivity index (χ2n) is 8.77. The molecule has 1 aromatic heterocycles. The number of hydrogen-bond donors (Lipinski definition) is 2. The van der Waals surface area contributed by atoms with E-state index in [1.165, 1.54) is 5.56 Å². The highest BCUT2D eigenvalue weighted by molar-refractivity contribution is 6.08. The van der Waals surface area contributed by atoms with Crippen molar-refractivity contribution in [3.63, 3.8) is 0 Å². The second kappa shape index (κ2) is 8.82. The molecule has 34 heavy (non-hydrogen) atoms. The Morgan fingerprint density at radius 2 is 2.00 bits per heavy atom. The Kier molecular flexibility index (Phi) is 5.69. The molecule has 0 bridgehead atoms. The van der Waals surface area contributed by atoms with Gasteiger partial charge in [0.05, 0.1) is 12.8 Å². The zero-order valence-electron chi connectivity index (χ0n) is 19.6. The SMILES string of the molecule is CCOc1ccccc1[C@@H]1C2=C(CCCC2=O)Nc2c(C(=O)Nc3ccc(C)c(C)c3)cnn21. The Hall–Kier alpha value is -3.87. The van der Waals surface area contributed by atoms with Gasteiger partial charge in [0.1, 0.15) is 23.2 Å². The van der Waals surface area contributed by atoms with Crippen LogP contribution in [0.3, 0.4) is 0 Å². The lowest BCUT2D eigenvalue weighted by Crippen LogP contribution is -2.32. The van der Waals surface area contributed by atoms with Gasteiger partial charge in [0.25, 0.3) is 5.91 Å². The Bertz CT molecular complexity index is 1320. The summed E-state index contributed by atoms with van der Waals surface area (Å²) < 4.78 is 7.64. The second-order valence-corrected chi connectivity index (χ2v) is 8.77. The number of fused-ring (bicyclic) bond motifs is 1. The predicted octanol–water partition coefficient (Wildman–Crippen LogP) is 5.17. The first-order valence-corrected chi connectivity index (χ1v) is 11.7. The Morgan fingerprint density at radius 3 is 2.79 bits per heavy atom. The van der Waals surface area contributed by atoms with E-state index < -0.39 is 6.04 Å². The van der Waals surface area contributed by atoms with E-state index in [0.717, 1.165) is 35.4 Å². The monoisotopic (exact) mass is 456 g/mol. The fraction of sp³-hybridized carbons (Fsp3) is 0.296. The number of ether oxygens (including phenoxy) is 1. The lowest BCUT2D eigenvalue weighted by Gasteiger charge is -2.34. The Balaban J connectivity index is 1.58. The average Bonchev–Trinajstić information content (AvgIpc) is 3.25. The zero-order chi connectivity index (χ0) is 23.8. The quantitative estimate of drug-likeness (QED) is 0.553. The third kappa shape index (κ3) is 3.77. The molecule has 0 radical (unpaired) electrons. The van der Waals surface area contributed by atoms with Crippen molar-refractivity contribution in [2.45, 2.75) is 46.1 Å². The van der Waals surface area contributed by atoms with E-state index >= 15 is 0 Å². The van der Waals surface area contributed by atoms with Gasteiger partial charge in [-0.05, 0) is 62.9 Å². The number of Topliss-reactive ketones (excluding diaryl/α,β-unsaturated/α-hetero) is 1. The molecule has 2 aliphatic rings. The molecule has 174 valence electrons. The molecule has 3 aromatic rings. The molecule has 2 heterocycles. The fourth-order valence-electron chi connectivity index (χ4n) is 4.72. The number of aryl methyl sites for hydroxylation is 2. The number of hydrogen-bond acceptors (Lipinski definition) is 5. The lowest BCUT2D eigenvalue weighted by atomic mass is 9.85. The van der Waals surface area contributed by atoms with Crippen LogP contribution in [0, 0.1) is 13.8 Å². The number of carbonyl (C=O) groups excluding carboxylic acids is 2. The van der Waals surface area contributed by atoms with Gasteiger partial charge in [-0.1, -0.05) is 24.3 Å². The van der Waals surface area contributed by atoms with E-state index in [-0.39, 0.29) is 11.7 Å². The zero-order valence-corrected chi connectivity index (χ0v) is 19.6. The molecule has 1 amide bonds. The van der Waals surface area contributed by atoms with Crippen molar-refractivity contribution < 1.29 is 14.3 Å². The molecule has 1 atom stereocenters. The number of nitrogens with zero attached hydrogens (tertiary/aromatic N) is 2. The highest BCUT2D eigenvalue weighted by atomic mass is 16.5. The predicted molar refractivity (Wildman–Crippen MR) is 131 cm³/mol. The number of nitrogens with one attached hydrogen (secondary N) is 2. The third-order valence-electron chi connectivity index (χ3n) is 6.56. The number of allylic oxidation sites excluding steroid dienone is 2. The lowest BCUT2D eigenvalue weighted by molar-refractivity contribution is -0.116. The molecular weight excluding hydrogens is 428 g/mol. The molecule has 0 unspecified atom stereocenters. The molecule has 0 fully saturated rings. The minimum absolute atomic E-state index is 0.104. The van der Waals surface area contributed by atoms with Crippen LogP contribution in [-0.2, 0) is 4.79 Å². The van der Waals surface area contributed by atoms with Gasteiger partial charge in [-0.15, -0.1) is 0 Å². The number of para-hydroxylation sites is 1. The van der Waals surface area contributed by atoms with Gasteiger partial charge in [-0.3, -0.25) is 9.59 Å². The van der Waals surface area contributed by atoms with E-state index in [0.29, 0.717) is 35.7 Å². The van der Waals surface area contributed by atoms with Gasteiger partial charge in [0, 0.05) is 28.9 Å². The van der Waals surface area contributed by atoms with E-state index in [4.69, 9.17) is 4.74 Å². The normalized spacial score (nSPS) is 17.0. The van der Waals surface area contributed by atoms with Gasteiger partial charge in [-0.25, -0.2) is 4.68 Å². The maximum atomic E-state index is 13.3. The van der Waals surface area contributed by atoms with Gasteiger partial charge >= 0.3 is 0 Å². The number of benzene rings is 2. The smallest absolute Gasteiger partial charge is 0.261 e.